The van der Waals surface area contributed by atoms with E-state index in [-0.39, 0.29) is 0 Å². The van der Waals surface area contributed by atoms with E-state index < -0.39 is 5.91 Å². The lowest BCUT2D eigenvalue weighted by Crippen LogP contribution is -2.13. The monoisotopic (exact) mass is 314 g/mol. The van der Waals surface area contributed by atoms with Gasteiger partial charge in [-0.25, -0.2) is 4.68 Å². The molecule has 5 heteroatoms. The number of fused-ring (bicyclic) bond motifs is 1. The highest BCUT2D eigenvalue weighted by Gasteiger charge is 2.16. The molecule has 1 amide bonds. The maximum atomic E-state index is 11.8. The zero-order chi connectivity index (χ0) is 16.5. The van der Waals surface area contributed by atoms with Crippen LogP contribution in [0.15, 0.2) is 73.1 Å². The van der Waals surface area contributed by atoms with Crippen LogP contribution in [-0.4, -0.2) is 20.7 Å². The quantitative estimate of drug-likeness (QED) is 0.631. The van der Waals surface area contributed by atoms with Gasteiger partial charge >= 0.3 is 0 Å². The highest BCUT2D eigenvalue weighted by molar-refractivity contribution is 5.99. The molecule has 4 aromatic rings. The highest BCUT2D eigenvalue weighted by Crippen LogP contribution is 2.29. The number of hydrogen-bond acceptors (Lipinski definition) is 3. The molecule has 0 aliphatic rings. The van der Waals surface area contributed by atoms with E-state index in [1.165, 1.54) is 0 Å². The second-order valence-electron chi connectivity index (χ2n) is 5.40. The number of primary amides is 1. The molecular formula is C19H14N4O. The van der Waals surface area contributed by atoms with Gasteiger partial charge in [-0.05, 0) is 24.3 Å². The number of rotatable bonds is 3. The minimum Gasteiger partial charge on any atom is -0.366 e. The summed E-state index contributed by atoms with van der Waals surface area (Å²) in [5, 5.41) is 5.54. The number of pyridine rings is 1. The Kier molecular flexibility index (Phi) is 3.31. The van der Waals surface area contributed by atoms with Crippen LogP contribution in [-0.2, 0) is 0 Å². The van der Waals surface area contributed by atoms with Crippen LogP contribution >= 0.6 is 0 Å². The SMILES string of the molecule is NC(=O)c1cccnc1-c1ccccc1-n1ncc2ccccc21. The van der Waals surface area contributed by atoms with Crippen molar-refractivity contribution in [2.45, 2.75) is 0 Å². The standard InChI is InChI=1S/C19H14N4O/c20-19(24)15-8-5-11-21-18(15)14-7-2-4-10-17(14)23-16-9-3-1-6-13(16)12-22-23/h1-12H,(H2,20,24). The molecule has 0 saturated carbocycles. The molecule has 0 aliphatic heterocycles. The summed E-state index contributed by atoms with van der Waals surface area (Å²) in [6.45, 7) is 0. The van der Waals surface area contributed by atoms with Gasteiger partial charge < -0.3 is 5.73 Å². The van der Waals surface area contributed by atoms with E-state index in [4.69, 9.17) is 5.73 Å². The summed E-state index contributed by atoms with van der Waals surface area (Å²) >= 11 is 0. The van der Waals surface area contributed by atoms with Crippen molar-refractivity contribution < 1.29 is 4.79 Å². The lowest BCUT2D eigenvalue weighted by atomic mass is 10.0. The zero-order valence-corrected chi connectivity index (χ0v) is 12.8. The van der Waals surface area contributed by atoms with Crippen LogP contribution in [0.2, 0.25) is 0 Å². The van der Waals surface area contributed by atoms with Crippen LogP contribution in [0.3, 0.4) is 0 Å². The van der Waals surface area contributed by atoms with Crippen molar-refractivity contribution in [2.24, 2.45) is 5.73 Å². The molecule has 0 spiro atoms. The molecule has 2 aromatic carbocycles. The summed E-state index contributed by atoms with van der Waals surface area (Å²) in [6, 6.07) is 19.1. The van der Waals surface area contributed by atoms with E-state index in [2.05, 4.69) is 10.1 Å². The Hall–Kier alpha value is -3.47. The van der Waals surface area contributed by atoms with Crippen LogP contribution in [0.1, 0.15) is 10.4 Å². The number of benzene rings is 2. The largest absolute Gasteiger partial charge is 0.366 e. The first-order valence-corrected chi connectivity index (χ1v) is 7.53. The number of carbonyl (C=O) groups excluding carboxylic acids is 1. The molecule has 0 radical (unpaired) electrons. The predicted octanol–water partition coefficient (Wildman–Crippen LogP) is 3.19. The molecule has 5 nitrogen and oxygen atoms in total. The summed E-state index contributed by atoms with van der Waals surface area (Å²) < 4.78 is 1.85. The molecule has 0 unspecified atom stereocenters. The van der Waals surface area contributed by atoms with Gasteiger partial charge in [0.05, 0.1) is 28.7 Å². The van der Waals surface area contributed by atoms with Gasteiger partial charge in [0.1, 0.15) is 0 Å². The van der Waals surface area contributed by atoms with Gasteiger partial charge in [-0.3, -0.25) is 9.78 Å². The smallest absolute Gasteiger partial charge is 0.250 e. The first kappa shape index (κ1) is 14.1. The zero-order valence-electron chi connectivity index (χ0n) is 12.8. The Morgan fingerprint density at radius 2 is 1.75 bits per heavy atom. The summed E-state index contributed by atoms with van der Waals surface area (Å²) in [5.74, 6) is -0.502. The number of nitrogens with zero attached hydrogens (tertiary/aromatic N) is 3. The molecular weight excluding hydrogens is 300 g/mol. The van der Waals surface area contributed by atoms with Gasteiger partial charge in [0, 0.05) is 17.1 Å². The van der Waals surface area contributed by atoms with E-state index in [9.17, 15) is 4.79 Å². The minimum absolute atomic E-state index is 0.390. The van der Waals surface area contributed by atoms with E-state index in [0.717, 1.165) is 22.2 Å². The molecule has 116 valence electrons. The number of hydrogen-bond donors (Lipinski definition) is 1. The van der Waals surface area contributed by atoms with Crippen molar-refractivity contribution in [1.82, 2.24) is 14.8 Å². The van der Waals surface area contributed by atoms with Crippen molar-refractivity contribution in [1.29, 1.82) is 0 Å². The van der Waals surface area contributed by atoms with Crippen molar-refractivity contribution in [3.8, 4) is 16.9 Å². The maximum absolute atomic E-state index is 11.8. The molecule has 2 aromatic heterocycles. The Balaban J connectivity index is 1.99. The van der Waals surface area contributed by atoms with Gasteiger partial charge in [0.15, 0.2) is 0 Å². The third-order valence-electron chi connectivity index (χ3n) is 3.94. The molecule has 0 aliphatic carbocycles. The molecule has 2 N–H and O–H groups in total. The number of amides is 1. The van der Waals surface area contributed by atoms with E-state index in [1.807, 2.05) is 59.4 Å². The normalized spacial score (nSPS) is 10.8. The first-order valence-electron chi connectivity index (χ1n) is 7.53. The second-order valence-corrected chi connectivity index (χ2v) is 5.40. The van der Waals surface area contributed by atoms with Crippen LogP contribution < -0.4 is 5.73 Å². The number of aromatic nitrogens is 3. The summed E-state index contributed by atoms with van der Waals surface area (Å²) in [4.78, 5) is 16.1. The number of carbonyl (C=O) groups is 1. The van der Waals surface area contributed by atoms with Gasteiger partial charge in [0.25, 0.3) is 5.91 Å². The Bertz CT molecular complexity index is 1050. The molecule has 0 bridgehead atoms. The Labute approximate surface area is 138 Å². The number of nitrogens with two attached hydrogens (primary N) is 1. The highest BCUT2D eigenvalue weighted by atomic mass is 16.1. The fourth-order valence-corrected chi connectivity index (χ4v) is 2.84. The maximum Gasteiger partial charge on any atom is 0.250 e. The van der Waals surface area contributed by atoms with Crippen LogP contribution in [0.25, 0.3) is 27.8 Å². The van der Waals surface area contributed by atoms with Gasteiger partial charge in [-0.1, -0.05) is 36.4 Å². The van der Waals surface area contributed by atoms with Crippen LogP contribution in [0, 0.1) is 0 Å². The minimum atomic E-state index is -0.502. The average molecular weight is 314 g/mol. The van der Waals surface area contributed by atoms with Crippen LogP contribution in [0.4, 0.5) is 0 Å². The van der Waals surface area contributed by atoms with Crippen LogP contribution in [0.5, 0.6) is 0 Å². The molecule has 0 atom stereocenters. The fourth-order valence-electron chi connectivity index (χ4n) is 2.84. The molecule has 4 rings (SSSR count). The van der Waals surface area contributed by atoms with Crippen molar-refractivity contribution >= 4 is 16.8 Å². The van der Waals surface area contributed by atoms with Gasteiger partial charge in [0.2, 0.25) is 0 Å². The third kappa shape index (κ3) is 2.23. The van der Waals surface area contributed by atoms with Gasteiger partial charge in [-0.15, -0.1) is 0 Å². The Morgan fingerprint density at radius 3 is 2.62 bits per heavy atom. The average Bonchev–Trinajstić information content (AvgIpc) is 3.05. The van der Waals surface area contributed by atoms with E-state index >= 15 is 0 Å². The second kappa shape index (κ2) is 5.62. The summed E-state index contributed by atoms with van der Waals surface area (Å²) in [6.07, 6.45) is 3.47. The summed E-state index contributed by atoms with van der Waals surface area (Å²) in [7, 11) is 0. The molecule has 0 saturated heterocycles. The molecule has 2 heterocycles. The Morgan fingerprint density at radius 1 is 0.958 bits per heavy atom. The molecule has 24 heavy (non-hydrogen) atoms. The lowest BCUT2D eigenvalue weighted by molar-refractivity contribution is 0.100. The van der Waals surface area contributed by atoms with Crippen molar-refractivity contribution in [2.75, 3.05) is 0 Å². The third-order valence-corrected chi connectivity index (χ3v) is 3.94. The predicted molar refractivity (Wildman–Crippen MR) is 92.8 cm³/mol. The molecule has 0 fully saturated rings. The topological polar surface area (TPSA) is 73.8 Å². The summed E-state index contributed by atoms with van der Waals surface area (Å²) in [5.41, 5.74) is 9.10. The van der Waals surface area contributed by atoms with E-state index in [1.54, 1.807) is 18.3 Å². The van der Waals surface area contributed by atoms with Gasteiger partial charge in [-0.2, -0.15) is 5.10 Å². The number of para-hydroxylation sites is 2. The van der Waals surface area contributed by atoms with Crippen molar-refractivity contribution in [3.05, 3.63) is 78.6 Å². The lowest BCUT2D eigenvalue weighted by Gasteiger charge is -2.12. The van der Waals surface area contributed by atoms with E-state index in [0.29, 0.717) is 11.3 Å². The first-order chi connectivity index (χ1) is 11.8. The van der Waals surface area contributed by atoms with Crippen molar-refractivity contribution in [3.63, 3.8) is 0 Å². The fraction of sp³-hybridized carbons (Fsp3) is 0.